The summed E-state index contributed by atoms with van der Waals surface area (Å²) in [6, 6.07) is 8.48. The molecule has 26 heavy (non-hydrogen) atoms. The molecule has 2 aliphatic rings. The van der Waals surface area contributed by atoms with Gasteiger partial charge in [0.1, 0.15) is 5.75 Å². The molecule has 1 aliphatic heterocycles. The smallest absolute Gasteiger partial charge is 0.237 e. The van der Waals surface area contributed by atoms with Crippen molar-refractivity contribution in [3.8, 4) is 5.75 Å². The van der Waals surface area contributed by atoms with E-state index in [4.69, 9.17) is 4.74 Å². The van der Waals surface area contributed by atoms with E-state index < -0.39 is 0 Å². The van der Waals surface area contributed by atoms with Gasteiger partial charge in [0.05, 0.1) is 18.8 Å². The van der Waals surface area contributed by atoms with Crippen LogP contribution in [0.1, 0.15) is 45.4 Å². The van der Waals surface area contributed by atoms with Crippen LogP contribution < -0.4 is 15.0 Å². The number of amides is 1. The lowest BCUT2D eigenvalue weighted by Crippen LogP contribution is -2.55. The summed E-state index contributed by atoms with van der Waals surface area (Å²) in [6.45, 7) is 5.68. The zero-order valence-electron chi connectivity index (χ0n) is 16.2. The number of piperazine rings is 1. The van der Waals surface area contributed by atoms with E-state index in [1.165, 1.54) is 25.7 Å². The number of carbonyl (C=O) groups is 1. The maximum absolute atomic E-state index is 12.7. The van der Waals surface area contributed by atoms with Crippen LogP contribution in [-0.2, 0) is 4.79 Å². The van der Waals surface area contributed by atoms with Crippen LogP contribution in [0.2, 0.25) is 0 Å². The first-order chi connectivity index (χ1) is 12.7. The van der Waals surface area contributed by atoms with E-state index in [1.807, 2.05) is 25.1 Å². The summed E-state index contributed by atoms with van der Waals surface area (Å²) < 4.78 is 5.49. The van der Waals surface area contributed by atoms with Crippen LogP contribution in [0, 0.1) is 0 Å². The molecular formula is C21H33N3O2. The predicted molar refractivity (Wildman–Crippen MR) is 106 cm³/mol. The van der Waals surface area contributed by atoms with Crippen molar-refractivity contribution in [3.63, 3.8) is 0 Å². The summed E-state index contributed by atoms with van der Waals surface area (Å²) in [5.41, 5.74) is 1.14. The van der Waals surface area contributed by atoms with Crippen molar-refractivity contribution in [3.05, 3.63) is 24.3 Å². The first-order valence-corrected chi connectivity index (χ1v) is 10.1. The van der Waals surface area contributed by atoms with Gasteiger partial charge < -0.3 is 15.0 Å². The van der Waals surface area contributed by atoms with Gasteiger partial charge in [-0.2, -0.15) is 0 Å². The molecule has 1 aromatic carbocycles. The van der Waals surface area contributed by atoms with Gasteiger partial charge in [-0.25, -0.2) is 0 Å². The normalized spacial score (nSPS) is 21.1. The fraction of sp³-hybridized carbons (Fsp3) is 0.667. The van der Waals surface area contributed by atoms with E-state index >= 15 is 0 Å². The highest BCUT2D eigenvalue weighted by Gasteiger charge is 2.27. The molecule has 144 valence electrons. The summed E-state index contributed by atoms with van der Waals surface area (Å²) in [5, 5.41) is 3.30. The summed E-state index contributed by atoms with van der Waals surface area (Å²) >= 11 is 0. The van der Waals surface area contributed by atoms with Gasteiger partial charge in [0.2, 0.25) is 5.91 Å². The van der Waals surface area contributed by atoms with Crippen LogP contribution in [0.25, 0.3) is 0 Å². The molecule has 1 saturated carbocycles. The minimum absolute atomic E-state index is 0.0573. The fourth-order valence-corrected chi connectivity index (χ4v) is 4.15. The SMILES string of the molecule is COc1ccccc1N1CCN(C(C)C(=O)NC2CCCCCC2)CC1. The lowest BCUT2D eigenvalue weighted by molar-refractivity contribution is -0.126. The maximum Gasteiger partial charge on any atom is 0.237 e. The minimum Gasteiger partial charge on any atom is -0.495 e. The van der Waals surface area contributed by atoms with Crippen molar-refractivity contribution in [2.45, 2.75) is 57.5 Å². The predicted octanol–water partition coefficient (Wildman–Crippen LogP) is 3.04. The number of anilines is 1. The minimum atomic E-state index is -0.0573. The Morgan fingerprint density at radius 2 is 1.73 bits per heavy atom. The quantitative estimate of drug-likeness (QED) is 0.821. The van der Waals surface area contributed by atoms with E-state index in [2.05, 4.69) is 21.2 Å². The largest absolute Gasteiger partial charge is 0.495 e. The maximum atomic E-state index is 12.7. The first-order valence-electron chi connectivity index (χ1n) is 10.1. The van der Waals surface area contributed by atoms with Crippen molar-refractivity contribution in [2.24, 2.45) is 0 Å². The van der Waals surface area contributed by atoms with Gasteiger partial charge in [-0.15, -0.1) is 0 Å². The topological polar surface area (TPSA) is 44.8 Å². The average Bonchev–Trinajstić information content (AvgIpc) is 2.96. The molecule has 1 N–H and O–H groups in total. The summed E-state index contributed by atoms with van der Waals surface area (Å²) in [7, 11) is 1.72. The lowest BCUT2D eigenvalue weighted by atomic mass is 10.1. The van der Waals surface area contributed by atoms with Gasteiger partial charge in [0.25, 0.3) is 0 Å². The van der Waals surface area contributed by atoms with Gasteiger partial charge in [-0.1, -0.05) is 37.8 Å². The molecule has 2 fully saturated rings. The number of para-hydroxylation sites is 2. The number of hydrogen-bond donors (Lipinski definition) is 1. The van der Waals surface area contributed by atoms with Crippen LogP contribution in [0.5, 0.6) is 5.75 Å². The van der Waals surface area contributed by atoms with E-state index in [1.54, 1.807) is 7.11 Å². The Morgan fingerprint density at radius 1 is 1.08 bits per heavy atom. The molecule has 1 atom stereocenters. The number of methoxy groups -OCH3 is 1. The summed E-state index contributed by atoms with van der Waals surface area (Å²) in [4.78, 5) is 17.3. The molecule has 1 unspecified atom stereocenters. The molecule has 0 spiro atoms. The van der Waals surface area contributed by atoms with Gasteiger partial charge in [0.15, 0.2) is 0 Å². The second-order valence-electron chi connectivity index (χ2n) is 7.57. The Kier molecular flexibility index (Phi) is 6.78. The van der Waals surface area contributed by atoms with Gasteiger partial charge in [-0.05, 0) is 31.9 Å². The number of hydrogen-bond acceptors (Lipinski definition) is 4. The van der Waals surface area contributed by atoms with Gasteiger partial charge in [-0.3, -0.25) is 9.69 Å². The molecule has 1 aliphatic carbocycles. The molecule has 1 aromatic rings. The summed E-state index contributed by atoms with van der Waals surface area (Å²) in [5.74, 6) is 1.11. The van der Waals surface area contributed by atoms with Crippen molar-refractivity contribution in [1.82, 2.24) is 10.2 Å². The van der Waals surface area contributed by atoms with Gasteiger partial charge in [0, 0.05) is 32.2 Å². The molecule has 3 rings (SSSR count). The van der Waals surface area contributed by atoms with Crippen LogP contribution in [0.3, 0.4) is 0 Å². The zero-order chi connectivity index (χ0) is 18.4. The standard InChI is InChI=1S/C21H33N3O2/c1-17(21(25)22-18-9-5-3-4-6-10-18)23-13-15-24(16-14-23)19-11-7-8-12-20(19)26-2/h7-8,11-12,17-18H,3-6,9-10,13-16H2,1-2H3,(H,22,25). The molecule has 1 heterocycles. The van der Waals surface area contributed by atoms with Crippen molar-refractivity contribution in [2.75, 3.05) is 38.2 Å². The number of nitrogens with zero attached hydrogens (tertiary/aromatic N) is 2. The Morgan fingerprint density at radius 3 is 2.38 bits per heavy atom. The third-order valence-corrected chi connectivity index (χ3v) is 5.87. The fourth-order valence-electron chi connectivity index (χ4n) is 4.15. The molecule has 0 aromatic heterocycles. The molecule has 0 radical (unpaired) electrons. The van der Waals surface area contributed by atoms with Crippen molar-refractivity contribution in [1.29, 1.82) is 0 Å². The number of nitrogens with one attached hydrogen (secondary N) is 1. The van der Waals surface area contributed by atoms with E-state index in [-0.39, 0.29) is 11.9 Å². The van der Waals surface area contributed by atoms with E-state index in [0.29, 0.717) is 6.04 Å². The monoisotopic (exact) mass is 359 g/mol. The highest BCUT2D eigenvalue weighted by atomic mass is 16.5. The molecular weight excluding hydrogens is 326 g/mol. The van der Waals surface area contributed by atoms with E-state index in [9.17, 15) is 4.79 Å². The Bertz CT molecular complexity index is 576. The Labute approximate surface area is 157 Å². The molecule has 0 bridgehead atoms. The number of ether oxygens (including phenoxy) is 1. The Balaban J connectivity index is 1.51. The molecule has 1 amide bonds. The van der Waals surface area contributed by atoms with Crippen LogP contribution >= 0.6 is 0 Å². The molecule has 5 heteroatoms. The first kappa shape index (κ1) is 19.0. The highest BCUT2D eigenvalue weighted by molar-refractivity contribution is 5.81. The number of carbonyl (C=O) groups excluding carboxylic acids is 1. The Hall–Kier alpha value is -1.75. The average molecular weight is 360 g/mol. The molecule has 5 nitrogen and oxygen atoms in total. The van der Waals surface area contributed by atoms with Crippen molar-refractivity contribution < 1.29 is 9.53 Å². The summed E-state index contributed by atoms with van der Waals surface area (Å²) in [6.07, 6.45) is 7.40. The zero-order valence-corrected chi connectivity index (χ0v) is 16.2. The second kappa shape index (κ2) is 9.26. The molecule has 1 saturated heterocycles. The van der Waals surface area contributed by atoms with Crippen LogP contribution in [-0.4, -0.2) is 56.2 Å². The van der Waals surface area contributed by atoms with Crippen LogP contribution in [0.4, 0.5) is 5.69 Å². The number of benzene rings is 1. The van der Waals surface area contributed by atoms with Gasteiger partial charge >= 0.3 is 0 Å². The third kappa shape index (κ3) is 4.70. The lowest BCUT2D eigenvalue weighted by Gasteiger charge is -2.39. The van der Waals surface area contributed by atoms with Crippen LogP contribution in [0.15, 0.2) is 24.3 Å². The van der Waals surface area contributed by atoms with Crippen molar-refractivity contribution >= 4 is 11.6 Å². The van der Waals surface area contributed by atoms with E-state index in [0.717, 1.165) is 50.5 Å². The highest BCUT2D eigenvalue weighted by Crippen LogP contribution is 2.28. The number of rotatable bonds is 5. The third-order valence-electron chi connectivity index (χ3n) is 5.87. The second-order valence-corrected chi connectivity index (χ2v) is 7.57.